The minimum absolute atomic E-state index is 0.0653. The first-order chi connectivity index (χ1) is 11.0. The third kappa shape index (κ3) is 6.97. The predicted octanol–water partition coefficient (Wildman–Crippen LogP) is 1.45. The van der Waals surface area contributed by atoms with Crippen molar-refractivity contribution in [3.8, 4) is 0 Å². The number of alkyl carbamates (subject to hydrolysis) is 1. The fraction of sp³-hybridized carbons (Fsp3) is 0.467. The highest BCUT2D eigenvalue weighted by molar-refractivity contribution is 7.89. The number of carbonyl (C=O) groups is 2. The first-order valence-electron chi connectivity index (χ1n) is 7.34. The third-order valence-corrected chi connectivity index (χ3v) is 4.17. The van der Waals surface area contributed by atoms with E-state index in [2.05, 4.69) is 15.4 Å². The third-order valence-electron chi connectivity index (χ3n) is 2.74. The Morgan fingerprint density at radius 3 is 2.21 bits per heavy atom. The van der Waals surface area contributed by atoms with Gasteiger partial charge in [0.15, 0.2) is 0 Å². The lowest BCUT2D eigenvalue weighted by Crippen LogP contribution is -2.34. The first kappa shape index (κ1) is 19.9. The fourth-order valence-electron chi connectivity index (χ4n) is 1.65. The van der Waals surface area contributed by atoms with Crippen LogP contribution in [-0.2, 0) is 19.6 Å². The van der Waals surface area contributed by atoms with Gasteiger partial charge in [-0.15, -0.1) is 0 Å². The number of hydrogen-bond acceptors (Lipinski definition) is 5. The summed E-state index contributed by atoms with van der Waals surface area (Å²) < 4.78 is 30.4. The average Bonchev–Trinajstić information content (AvgIpc) is 2.46. The van der Waals surface area contributed by atoms with Gasteiger partial charge in [0.05, 0.1) is 4.90 Å². The van der Waals surface area contributed by atoms with E-state index in [4.69, 9.17) is 4.74 Å². The molecule has 1 rings (SSSR count). The van der Waals surface area contributed by atoms with E-state index in [1.807, 2.05) is 0 Å². The number of amides is 2. The van der Waals surface area contributed by atoms with Gasteiger partial charge in [0.1, 0.15) is 5.60 Å². The summed E-state index contributed by atoms with van der Waals surface area (Å²) in [6, 6.07) is 5.76. The maximum atomic E-state index is 11.8. The molecule has 9 heteroatoms. The highest BCUT2D eigenvalue weighted by atomic mass is 32.2. The molecule has 0 aromatic heterocycles. The first-order valence-corrected chi connectivity index (χ1v) is 8.82. The summed E-state index contributed by atoms with van der Waals surface area (Å²) in [5, 5.41) is 5.10. The van der Waals surface area contributed by atoms with Crippen LogP contribution in [0.25, 0.3) is 0 Å². The van der Waals surface area contributed by atoms with Gasteiger partial charge >= 0.3 is 6.09 Å². The molecule has 0 radical (unpaired) electrons. The van der Waals surface area contributed by atoms with Crippen LogP contribution in [-0.4, -0.2) is 39.6 Å². The van der Waals surface area contributed by atoms with Crippen molar-refractivity contribution in [2.75, 3.05) is 18.9 Å². The summed E-state index contributed by atoms with van der Waals surface area (Å²) in [6.07, 6.45) is -0.521. The van der Waals surface area contributed by atoms with Crippen molar-refractivity contribution < 1.29 is 22.7 Å². The van der Waals surface area contributed by atoms with Crippen LogP contribution in [0.5, 0.6) is 0 Å². The van der Waals surface area contributed by atoms with Crippen LogP contribution in [0, 0.1) is 0 Å². The molecule has 2 amide bonds. The predicted molar refractivity (Wildman–Crippen MR) is 90.2 cm³/mol. The summed E-state index contributed by atoms with van der Waals surface area (Å²) in [5.74, 6) is -0.310. The standard InChI is InChI=1S/C15H23N3O5S/c1-15(2,3)23-14(20)17-10-9-13(19)18-11-5-7-12(8-6-11)24(21,22)16-4/h5-8,16H,9-10H2,1-4H3,(H,17,20)(H,18,19). The SMILES string of the molecule is CNS(=O)(=O)c1ccc(NC(=O)CCNC(=O)OC(C)(C)C)cc1. The van der Waals surface area contributed by atoms with E-state index in [9.17, 15) is 18.0 Å². The van der Waals surface area contributed by atoms with Crippen molar-refractivity contribution >= 4 is 27.7 Å². The second kappa shape index (κ2) is 8.11. The van der Waals surface area contributed by atoms with Gasteiger partial charge in [-0.25, -0.2) is 17.9 Å². The van der Waals surface area contributed by atoms with E-state index in [0.29, 0.717) is 5.69 Å². The van der Waals surface area contributed by atoms with Gasteiger partial charge in [-0.2, -0.15) is 0 Å². The quantitative estimate of drug-likeness (QED) is 0.713. The molecular formula is C15H23N3O5S. The van der Waals surface area contributed by atoms with Gasteiger partial charge in [-0.05, 0) is 52.1 Å². The number of nitrogens with one attached hydrogen (secondary N) is 3. The van der Waals surface area contributed by atoms with Crippen molar-refractivity contribution in [3.05, 3.63) is 24.3 Å². The Kier molecular flexibility index (Phi) is 6.73. The Morgan fingerprint density at radius 1 is 1.12 bits per heavy atom. The molecule has 0 saturated heterocycles. The molecule has 0 heterocycles. The number of benzene rings is 1. The van der Waals surface area contributed by atoms with Gasteiger partial charge in [-0.3, -0.25) is 4.79 Å². The lowest BCUT2D eigenvalue weighted by molar-refractivity contribution is -0.116. The molecule has 0 aliphatic heterocycles. The molecule has 0 spiro atoms. The van der Waals surface area contributed by atoms with Crippen molar-refractivity contribution in [1.29, 1.82) is 0 Å². The van der Waals surface area contributed by atoms with Gasteiger partial charge in [0, 0.05) is 18.7 Å². The van der Waals surface area contributed by atoms with Crippen molar-refractivity contribution in [1.82, 2.24) is 10.0 Å². The highest BCUT2D eigenvalue weighted by Gasteiger charge is 2.16. The fourth-order valence-corrected chi connectivity index (χ4v) is 2.38. The zero-order valence-corrected chi connectivity index (χ0v) is 15.0. The van der Waals surface area contributed by atoms with Crippen molar-refractivity contribution in [2.24, 2.45) is 0 Å². The molecule has 0 bridgehead atoms. The molecule has 0 unspecified atom stereocenters. The summed E-state index contributed by atoms with van der Waals surface area (Å²) in [5.41, 5.74) is -0.130. The Hall–Kier alpha value is -2.13. The van der Waals surface area contributed by atoms with Crippen LogP contribution in [0.2, 0.25) is 0 Å². The largest absolute Gasteiger partial charge is 0.444 e. The molecule has 1 aromatic carbocycles. The number of carbonyl (C=O) groups excluding carboxylic acids is 2. The normalized spacial score (nSPS) is 11.7. The molecule has 134 valence electrons. The molecule has 8 nitrogen and oxygen atoms in total. The second-order valence-electron chi connectivity index (χ2n) is 5.96. The van der Waals surface area contributed by atoms with E-state index < -0.39 is 21.7 Å². The Bertz CT molecular complexity index is 678. The van der Waals surface area contributed by atoms with Gasteiger partial charge in [0.25, 0.3) is 0 Å². The Morgan fingerprint density at radius 2 is 1.71 bits per heavy atom. The Balaban J connectivity index is 2.45. The second-order valence-corrected chi connectivity index (χ2v) is 7.85. The molecule has 1 aromatic rings. The summed E-state index contributed by atoms with van der Waals surface area (Å²) in [4.78, 5) is 23.3. The van der Waals surface area contributed by atoms with Gasteiger partial charge in [0.2, 0.25) is 15.9 Å². The zero-order chi connectivity index (χ0) is 18.4. The Labute approximate surface area is 142 Å². The zero-order valence-electron chi connectivity index (χ0n) is 14.2. The van der Waals surface area contributed by atoms with E-state index in [1.165, 1.54) is 31.3 Å². The number of ether oxygens (including phenoxy) is 1. The van der Waals surface area contributed by atoms with Gasteiger partial charge in [-0.1, -0.05) is 0 Å². The summed E-state index contributed by atoms with van der Waals surface area (Å²) in [7, 11) is -2.18. The van der Waals surface area contributed by atoms with E-state index >= 15 is 0 Å². The minimum Gasteiger partial charge on any atom is -0.444 e. The number of hydrogen-bond donors (Lipinski definition) is 3. The van der Waals surface area contributed by atoms with Crippen LogP contribution >= 0.6 is 0 Å². The van der Waals surface area contributed by atoms with Crippen LogP contribution in [0.1, 0.15) is 27.2 Å². The van der Waals surface area contributed by atoms with Crippen LogP contribution < -0.4 is 15.4 Å². The molecule has 3 N–H and O–H groups in total. The molecule has 24 heavy (non-hydrogen) atoms. The molecular weight excluding hydrogens is 334 g/mol. The topological polar surface area (TPSA) is 114 Å². The minimum atomic E-state index is -3.51. The van der Waals surface area contributed by atoms with Crippen molar-refractivity contribution in [2.45, 2.75) is 37.7 Å². The molecule has 0 aliphatic carbocycles. The maximum Gasteiger partial charge on any atom is 0.407 e. The molecule has 0 aliphatic rings. The number of anilines is 1. The van der Waals surface area contributed by atoms with Crippen LogP contribution in [0.3, 0.4) is 0 Å². The van der Waals surface area contributed by atoms with Crippen LogP contribution in [0.4, 0.5) is 10.5 Å². The van der Waals surface area contributed by atoms with Crippen molar-refractivity contribution in [3.63, 3.8) is 0 Å². The lowest BCUT2D eigenvalue weighted by atomic mass is 10.2. The van der Waals surface area contributed by atoms with Crippen LogP contribution in [0.15, 0.2) is 29.2 Å². The van der Waals surface area contributed by atoms with E-state index in [0.717, 1.165) is 0 Å². The summed E-state index contributed by atoms with van der Waals surface area (Å²) >= 11 is 0. The maximum absolute atomic E-state index is 11.8. The summed E-state index contributed by atoms with van der Waals surface area (Å²) in [6.45, 7) is 5.37. The van der Waals surface area contributed by atoms with E-state index in [1.54, 1.807) is 20.8 Å². The monoisotopic (exact) mass is 357 g/mol. The highest BCUT2D eigenvalue weighted by Crippen LogP contribution is 2.13. The smallest absolute Gasteiger partial charge is 0.407 e. The average molecular weight is 357 g/mol. The number of rotatable bonds is 6. The van der Waals surface area contributed by atoms with E-state index in [-0.39, 0.29) is 23.8 Å². The molecule has 0 saturated carbocycles. The van der Waals surface area contributed by atoms with Gasteiger partial charge < -0.3 is 15.4 Å². The molecule has 0 fully saturated rings. The number of sulfonamides is 1. The lowest BCUT2D eigenvalue weighted by Gasteiger charge is -2.19. The molecule has 0 atom stereocenters.